The Balaban J connectivity index is 0.000000137. The number of halogens is 8. The molecule has 0 unspecified atom stereocenters. The molecule has 7 nitrogen and oxygen atoms in total. The van der Waals surface area contributed by atoms with Crippen molar-refractivity contribution in [2.45, 2.75) is 112 Å². The molecule has 14 fully saturated rings. The predicted molar refractivity (Wildman–Crippen MR) is 170 cm³/mol. The minimum Gasteiger partial charge on any atom is -0.452 e. The van der Waals surface area contributed by atoms with E-state index in [0.717, 1.165) is 57.8 Å². The molecule has 0 spiro atoms. The van der Waals surface area contributed by atoms with Gasteiger partial charge in [0.1, 0.15) is 24.0 Å². The largest absolute Gasteiger partial charge is 0.490 e. The molecular formula is C36H44Cl2F6N2O5. The van der Waals surface area contributed by atoms with Crippen molar-refractivity contribution in [1.82, 2.24) is 10.6 Å². The smallest absolute Gasteiger partial charge is 0.452 e. The fourth-order valence-electron chi connectivity index (χ4n) is 15.5. The Morgan fingerprint density at radius 1 is 0.529 bits per heavy atom. The van der Waals surface area contributed by atoms with Crippen LogP contribution in [0.15, 0.2) is 0 Å². The summed E-state index contributed by atoms with van der Waals surface area (Å²) in [5.74, 6) is 2.88. The van der Waals surface area contributed by atoms with Gasteiger partial charge in [-0.15, -0.1) is 23.2 Å². The fraction of sp³-hybridized carbons (Fsp3) is 0.917. The third kappa shape index (κ3) is 5.48. The SMILES string of the molecule is O=C(CCl)NC12CC3C4CC5(OC(=O)C(F)(F)F)CC3C(C1)C(C5)C4C2.O=C(CCl)NC12CC3C4CC5(OCC(F)(F)F)CC3C(C1)C(C5)C4C2. The zero-order chi connectivity index (χ0) is 36.1. The zero-order valence-electron chi connectivity index (χ0n) is 28.1. The van der Waals surface area contributed by atoms with Crippen LogP contribution >= 0.6 is 23.2 Å². The normalized spacial score (nSPS) is 51.1. The predicted octanol–water partition coefficient (Wildman–Crippen LogP) is 6.53. The Bertz CT molecular complexity index is 1380. The van der Waals surface area contributed by atoms with Crippen LogP contribution in [0.1, 0.15) is 77.0 Å². The minimum atomic E-state index is -4.93. The summed E-state index contributed by atoms with van der Waals surface area (Å²) in [5.41, 5.74) is -1.77. The van der Waals surface area contributed by atoms with E-state index in [4.69, 9.17) is 32.7 Å². The number of hydrogen-bond donors (Lipinski definition) is 2. The lowest BCUT2D eigenvalue weighted by Crippen LogP contribution is -2.74. The van der Waals surface area contributed by atoms with E-state index in [2.05, 4.69) is 10.6 Å². The third-order valence-corrected chi connectivity index (χ3v) is 16.6. The standard InChI is InChI=1S/C18H21ClF3NO3.C18H23ClF3NO2/c19-7-14(24)23-16-1-8-11-4-17(26-15(25)18(20,21)22)5-12(8)10(3-16)13(6-17)9(11)2-16;19-7-15(24)23-16-1-9-12-4-17(25-8-18(20,21)22)5-13(9)11(3-16)14(6-17)10(12)2-16/h8-13H,1-7H2,(H,23,24);9-14H,1-8H2,(H,23,24). The molecule has 14 rings (SSSR count). The highest BCUT2D eigenvalue weighted by molar-refractivity contribution is 6.27. The van der Waals surface area contributed by atoms with E-state index in [0.29, 0.717) is 90.3 Å². The molecule has 14 aliphatic rings. The zero-order valence-corrected chi connectivity index (χ0v) is 29.6. The number of esters is 1. The molecule has 15 heteroatoms. The Hall–Kier alpha value is -1.47. The maximum atomic E-state index is 12.7. The van der Waals surface area contributed by atoms with E-state index in [1.807, 2.05) is 0 Å². The molecule has 0 atom stereocenters. The Labute approximate surface area is 302 Å². The van der Waals surface area contributed by atoms with Crippen LogP contribution in [0.25, 0.3) is 0 Å². The van der Waals surface area contributed by atoms with Crippen molar-refractivity contribution in [3.63, 3.8) is 0 Å². The van der Waals surface area contributed by atoms with Crippen LogP contribution in [0.4, 0.5) is 26.3 Å². The van der Waals surface area contributed by atoms with Crippen molar-refractivity contribution in [3.8, 4) is 0 Å². The first kappa shape index (κ1) is 35.2. The second-order valence-electron chi connectivity index (χ2n) is 18.5. The number of amides is 2. The monoisotopic (exact) mass is 768 g/mol. The molecule has 0 aromatic rings. The van der Waals surface area contributed by atoms with Crippen molar-refractivity contribution in [3.05, 3.63) is 0 Å². The molecule has 0 aliphatic heterocycles. The summed E-state index contributed by atoms with van der Waals surface area (Å²) in [5, 5.41) is 6.36. The first-order valence-electron chi connectivity index (χ1n) is 18.6. The van der Waals surface area contributed by atoms with Gasteiger partial charge in [0.15, 0.2) is 0 Å². The molecule has 16 bridgehead atoms. The van der Waals surface area contributed by atoms with E-state index >= 15 is 0 Å². The number of ether oxygens (including phenoxy) is 2. The van der Waals surface area contributed by atoms with Crippen LogP contribution < -0.4 is 10.6 Å². The number of carbonyl (C=O) groups is 3. The highest BCUT2D eigenvalue weighted by atomic mass is 35.5. The third-order valence-electron chi connectivity index (χ3n) is 16.1. The Morgan fingerprint density at radius 3 is 1.10 bits per heavy atom. The summed E-state index contributed by atoms with van der Waals surface area (Å²) >= 11 is 11.4. The molecule has 0 aromatic carbocycles. The Kier molecular flexibility index (Phi) is 7.80. The number of carbonyl (C=O) groups excluding carboxylic acids is 3. The van der Waals surface area contributed by atoms with Gasteiger partial charge < -0.3 is 20.1 Å². The van der Waals surface area contributed by atoms with Crippen molar-refractivity contribution < 1.29 is 50.2 Å². The summed E-state index contributed by atoms with van der Waals surface area (Å²) in [6.07, 6.45) is 0.340. The molecule has 284 valence electrons. The second-order valence-corrected chi connectivity index (χ2v) is 19.0. The molecule has 2 N–H and O–H groups in total. The van der Waals surface area contributed by atoms with E-state index in [9.17, 15) is 40.7 Å². The fourth-order valence-corrected chi connectivity index (χ4v) is 15.6. The molecule has 0 radical (unpaired) electrons. The van der Waals surface area contributed by atoms with Gasteiger partial charge >= 0.3 is 18.3 Å². The van der Waals surface area contributed by atoms with E-state index in [1.165, 1.54) is 0 Å². The molecule has 14 aliphatic carbocycles. The van der Waals surface area contributed by atoms with Crippen molar-refractivity contribution in [2.75, 3.05) is 18.4 Å². The van der Waals surface area contributed by atoms with Crippen LogP contribution in [-0.2, 0) is 23.9 Å². The summed E-state index contributed by atoms with van der Waals surface area (Å²) in [4.78, 5) is 35.3. The van der Waals surface area contributed by atoms with Crippen LogP contribution in [0.5, 0.6) is 0 Å². The van der Waals surface area contributed by atoms with Crippen LogP contribution in [0.3, 0.4) is 0 Å². The lowest BCUT2D eigenvalue weighted by molar-refractivity contribution is -0.295. The molecule has 0 saturated heterocycles. The lowest BCUT2D eigenvalue weighted by atomic mass is 9.33. The highest BCUT2D eigenvalue weighted by Crippen LogP contribution is 2.75. The Morgan fingerprint density at radius 2 is 0.824 bits per heavy atom. The van der Waals surface area contributed by atoms with E-state index < -0.39 is 36.1 Å². The van der Waals surface area contributed by atoms with Gasteiger partial charge in [-0.3, -0.25) is 9.59 Å². The summed E-state index contributed by atoms with van der Waals surface area (Å²) < 4.78 is 86.9. The van der Waals surface area contributed by atoms with Crippen molar-refractivity contribution in [1.29, 1.82) is 0 Å². The first-order valence-corrected chi connectivity index (χ1v) is 19.7. The maximum absolute atomic E-state index is 12.7. The number of alkyl halides is 8. The molecule has 51 heavy (non-hydrogen) atoms. The average molecular weight is 770 g/mol. The highest BCUT2D eigenvalue weighted by Gasteiger charge is 2.73. The van der Waals surface area contributed by atoms with Crippen LogP contribution in [-0.4, -0.2) is 70.8 Å². The molecule has 0 aromatic heterocycles. The quantitative estimate of drug-likeness (QED) is 0.175. The van der Waals surface area contributed by atoms with Crippen molar-refractivity contribution >= 4 is 41.0 Å². The summed E-state index contributed by atoms with van der Waals surface area (Å²) in [6.45, 7) is -1.12. The maximum Gasteiger partial charge on any atom is 0.490 e. The van der Waals surface area contributed by atoms with Gasteiger partial charge in [0.2, 0.25) is 11.8 Å². The molecule has 2 amide bonds. The van der Waals surface area contributed by atoms with Gasteiger partial charge in [0, 0.05) is 11.1 Å². The second kappa shape index (κ2) is 11.3. The van der Waals surface area contributed by atoms with Crippen LogP contribution in [0, 0.1) is 71.0 Å². The lowest BCUT2D eigenvalue weighted by Gasteiger charge is -2.74. The van der Waals surface area contributed by atoms with Gasteiger partial charge in [-0.25, -0.2) is 4.79 Å². The summed E-state index contributed by atoms with van der Waals surface area (Å²) in [6, 6.07) is 0. The van der Waals surface area contributed by atoms with E-state index in [1.54, 1.807) is 0 Å². The van der Waals surface area contributed by atoms with Gasteiger partial charge in [0.05, 0.1) is 5.60 Å². The minimum absolute atomic E-state index is 0.00751. The number of nitrogens with one attached hydrogen (secondary N) is 2. The topological polar surface area (TPSA) is 93.7 Å². The first-order chi connectivity index (χ1) is 23.9. The molecule has 14 saturated carbocycles. The number of rotatable bonds is 7. The average Bonchev–Trinajstić information content (AvgIpc) is 3.06. The van der Waals surface area contributed by atoms with Gasteiger partial charge in [0.25, 0.3) is 0 Å². The van der Waals surface area contributed by atoms with Crippen molar-refractivity contribution in [2.24, 2.45) is 71.0 Å². The van der Waals surface area contributed by atoms with Gasteiger partial charge in [-0.05, 0) is 148 Å². The van der Waals surface area contributed by atoms with Gasteiger partial charge in [-0.2, -0.15) is 26.3 Å². The van der Waals surface area contributed by atoms with Crippen LogP contribution in [0.2, 0.25) is 0 Å². The number of hydrogen-bond acceptors (Lipinski definition) is 5. The molecule has 0 heterocycles. The van der Waals surface area contributed by atoms with Gasteiger partial charge in [-0.1, -0.05) is 0 Å². The summed E-state index contributed by atoms with van der Waals surface area (Å²) in [7, 11) is 0. The van der Waals surface area contributed by atoms with E-state index in [-0.39, 0.29) is 34.7 Å². The molecular weight excluding hydrogens is 725 g/mol.